The van der Waals surface area contributed by atoms with Crippen molar-refractivity contribution in [2.24, 2.45) is 0 Å². The van der Waals surface area contributed by atoms with Gasteiger partial charge in [0.1, 0.15) is 0 Å². The van der Waals surface area contributed by atoms with Crippen molar-refractivity contribution in [3.63, 3.8) is 0 Å². The fourth-order valence-corrected chi connectivity index (χ4v) is 0.951. The quantitative estimate of drug-likeness (QED) is 0.444. The van der Waals surface area contributed by atoms with Crippen LogP contribution in [0.5, 0.6) is 0 Å². The van der Waals surface area contributed by atoms with E-state index >= 15 is 0 Å². The zero-order chi connectivity index (χ0) is 14.3. The largest absolute Gasteiger partial charge is 0.473 e. The molecule has 0 aliphatic carbocycles. The average molecular weight is 294 g/mol. The number of rotatable bonds is 5. The van der Waals surface area contributed by atoms with Crippen molar-refractivity contribution in [3.05, 3.63) is 12.6 Å². The topological polar surface area (TPSA) is 43.4 Å². The van der Waals surface area contributed by atoms with Crippen LogP contribution in [0.15, 0.2) is 12.6 Å². The molecule has 0 saturated heterocycles. The van der Waals surface area contributed by atoms with Gasteiger partial charge in [-0.2, -0.15) is 39.2 Å². The molecule has 0 radical (unpaired) electrons. The van der Waals surface area contributed by atoms with Crippen LogP contribution in [0.4, 0.5) is 34.6 Å². The molecular weight excluding hydrogens is 292 g/mol. The molecule has 0 atom stereocenters. The van der Waals surface area contributed by atoms with E-state index in [0.717, 1.165) is 0 Å². The molecule has 0 N–H and O–H groups in total. The maximum absolute atomic E-state index is 12.4. The van der Waals surface area contributed by atoms with Crippen molar-refractivity contribution in [1.29, 1.82) is 0 Å². The smallest absolute Gasteiger partial charge is 0.402 e. The van der Waals surface area contributed by atoms with E-state index in [4.69, 9.17) is 0 Å². The second kappa shape index (κ2) is 3.99. The van der Waals surface area contributed by atoms with Gasteiger partial charge in [-0.25, -0.2) is 0 Å². The van der Waals surface area contributed by atoms with Crippen LogP contribution >= 0.6 is 0 Å². The molecule has 0 aliphatic rings. The normalized spacial score (nSPS) is 14.6. The molecule has 0 saturated carbocycles. The van der Waals surface area contributed by atoms with E-state index in [-0.39, 0.29) is 0 Å². The summed E-state index contributed by atoms with van der Waals surface area (Å²) >= 11 is 0. The highest BCUT2D eigenvalue weighted by Crippen LogP contribution is 2.50. The van der Waals surface area contributed by atoms with Gasteiger partial charge in [-0.3, -0.25) is 0 Å². The van der Waals surface area contributed by atoms with Crippen molar-refractivity contribution >= 4 is 10.2 Å². The molecule has 3 nitrogen and oxygen atoms in total. The molecule has 102 valence electrons. The van der Waals surface area contributed by atoms with Gasteiger partial charge in [0, 0.05) is 0 Å². The van der Waals surface area contributed by atoms with Crippen LogP contribution in [0, 0.1) is 0 Å². The summed E-state index contributed by atoms with van der Waals surface area (Å²) in [4.78, 5) is 0. The van der Waals surface area contributed by atoms with Crippen LogP contribution in [-0.4, -0.2) is 25.7 Å². The van der Waals surface area contributed by atoms with Crippen LogP contribution in [0.25, 0.3) is 0 Å². The van der Waals surface area contributed by atoms with Gasteiger partial charge in [-0.05, 0) is 6.58 Å². The van der Waals surface area contributed by atoms with Gasteiger partial charge >= 0.3 is 27.5 Å². The molecule has 0 unspecified atom stereocenters. The summed E-state index contributed by atoms with van der Waals surface area (Å²) in [6.45, 7) is 1.91. The number of ether oxygens (including phenoxy) is 1. The van der Waals surface area contributed by atoms with Gasteiger partial charge in [0.05, 0.1) is 0 Å². The van der Waals surface area contributed by atoms with Gasteiger partial charge < -0.3 is 4.74 Å². The van der Waals surface area contributed by atoms with Crippen LogP contribution in [0.1, 0.15) is 0 Å². The van der Waals surface area contributed by atoms with Gasteiger partial charge in [-0.1, -0.05) is 3.89 Å². The fourth-order valence-electron chi connectivity index (χ4n) is 0.526. The predicted molar refractivity (Wildman–Crippen MR) is 36.2 cm³/mol. The third-order valence-corrected chi connectivity index (χ3v) is 2.15. The Morgan fingerprint density at radius 3 is 1.65 bits per heavy atom. The maximum atomic E-state index is 12.4. The van der Waals surface area contributed by atoms with Gasteiger partial charge in [0.25, 0.3) is 6.01 Å². The van der Waals surface area contributed by atoms with Crippen LogP contribution in [0.2, 0.25) is 0 Å². The van der Waals surface area contributed by atoms with E-state index < -0.39 is 33.5 Å². The van der Waals surface area contributed by atoms with E-state index in [9.17, 15) is 43.0 Å². The number of hydrogen-bond donors (Lipinski definition) is 0. The summed E-state index contributed by atoms with van der Waals surface area (Å²) in [5.74, 6) is -6.84. The highest BCUT2D eigenvalue weighted by Gasteiger charge is 2.80. The van der Waals surface area contributed by atoms with Gasteiger partial charge in [0.15, 0.2) is 0 Å². The zero-order valence-electron chi connectivity index (χ0n) is 7.36. The Labute approximate surface area is 88.9 Å². The first-order chi connectivity index (χ1) is 7.17. The van der Waals surface area contributed by atoms with Crippen LogP contribution < -0.4 is 0 Å². The molecule has 0 bridgehead atoms. The average Bonchev–Trinajstić information content (AvgIpc) is 1.98. The van der Waals surface area contributed by atoms with Crippen molar-refractivity contribution in [3.8, 4) is 0 Å². The van der Waals surface area contributed by atoms with E-state index in [0.29, 0.717) is 0 Å². The summed E-state index contributed by atoms with van der Waals surface area (Å²) in [7, 11) is -7.37. The van der Waals surface area contributed by atoms with E-state index in [1.54, 1.807) is 0 Å². The van der Waals surface area contributed by atoms with Gasteiger partial charge in [0.2, 0.25) is 0 Å². The monoisotopic (exact) mass is 294 g/mol. The summed E-state index contributed by atoms with van der Waals surface area (Å²) < 4.78 is 119. The lowest BCUT2D eigenvalue weighted by molar-refractivity contribution is -0.375. The predicted octanol–water partition coefficient (Wildman–Crippen LogP) is 2.56. The van der Waals surface area contributed by atoms with Crippen molar-refractivity contribution in [2.45, 2.75) is 17.3 Å². The SMILES string of the molecule is C=C(F)OC(F)(F)C(F)(F)C(F)(F)S(=O)(=O)F. The first-order valence-corrected chi connectivity index (χ1v) is 4.66. The first-order valence-electron chi connectivity index (χ1n) is 3.28. The zero-order valence-corrected chi connectivity index (χ0v) is 8.18. The Morgan fingerprint density at radius 2 is 1.41 bits per heavy atom. The minimum absolute atomic E-state index is 1.91. The Balaban J connectivity index is 5.63. The number of hydrogen-bond acceptors (Lipinski definition) is 3. The lowest BCUT2D eigenvalue weighted by Crippen LogP contribution is -2.57. The van der Waals surface area contributed by atoms with Crippen molar-refractivity contribution in [1.82, 2.24) is 0 Å². The van der Waals surface area contributed by atoms with E-state index in [1.165, 1.54) is 0 Å². The molecule has 0 spiro atoms. The molecule has 0 aromatic carbocycles. The lowest BCUT2D eigenvalue weighted by Gasteiger charge is -2.28. The molecule has 0 fully saturated rings. The Morgan fingerprint density at radius 1 is 1.06 bits per heavy atom. The van der Waals surface area contributed by atoms with Crippen LogP contribution in [0.3, 0.4) is 0 Å². The van der Waals surface area contributed by atoms with Gasteiger partial charge in [-0.15, -0.1) is 0 Å². The Bertz CT molecular complexity index is 413. The highest BCUT2D eigenvalue weighted by atomic mass is 32.3. The second-order valence-electron chi connectivity index (χ2n) is 2.50. The second-order valence-corrected chi connectivity index (χ2v) is 3.89. The Hall–Kier alpha value is -1.07. The standard InChI is InChI=1S/C5H2F8O3S/c1-2(6)16-4(9,10)3(7,8)5(11,12)17(13,14)15/h1H2. The first kappa shape index (κ1) is 15.9. The molecular formula is C5H2F8O3S. The molecule has 0 heterocycles. The molecule has 0 aliphatic heterocycles. The Kier molecular flexibility index (Phi) is 3.74. The molecule has 0 aromatic heterocycles. The molecule has 0 rings (SSSR count). The minimum Gasteiger partial charge on any atom is -0.402 e. The van der Waals surface area contributed by atoms with Crippen molar-refractivity contribution in [2.75, 3.05) is 0 Å². The maximum Gasteiger partial charge on any atom is 0.473 e. The summed E-state index contributed by atoms with van der Waals surface area (Å²) in [6, 6.07) is -2.60. The van der Waals surface area contributed by atoms with Crippen LogP contribution in [-0.2, 0) is 15.0 Å². The molecule has 0 amide bonds. The third kappa shape index (κ3) is 2.61. The van der Waals surface area contributed by atoms with E-state index in [2.05, 4.69) is 4.74 Å². The third-order valence-electron chi connectivity index (χ3n) is 1.28. The van der Waals surface area contributed by atoms with E-state index in [1.807, 2.05) is 6.58 Å². The molecule has 17 heavy (non-hydrogen) atoms. The minimum atomic E-state index is -7.37. The lowest BCUT2D eigenvalue weighted by atomic mass is 10.3. The summed E-state index contributed by atoms with van der Waals surface area (Å²) in [5.41, 5.74) is 0. The number of halogens is 8. The number of alkyl halides is 6. The molecule has 0 aromatic rings. The highest BCUT2D eigenvalue weighted by molar-refractivity contribution is 7.87. The summed E-state index contributed by atoms with van der Waals surface area (Å²) in [5, 5.41) is -6.81. The van der Waals surface area contributed by atoms with Crippen molar-refractivity contribution < 1.29 is 47.8 Å². The molecule has 12 heteroatoms. The fraction of sp³-hybridized carbons (Fsp3) is 0.600. The summed E-state index contributed by atoms with van der Waals surface area (Å²) in [6.07, 6.45) is -6.32.